The molecule has 0 aliphatic heterocycles. The fourth-order valence-corrected chi connectivity index (χ4v) is 4.63. The van der Waals surface area contributed by atoms with Gasteiger partial charge in [0.15, 0.2) is 17.3 Å². The Balaban J connectivity index is 1.53. The maximum Gasteiger partial charge on any atom is 0.235 e. The van der Waals surface area contributed by atoms with Gasteiger partial charge in [-0.1, -0.05) is 41.7 Å². The van der Waals surface area contributed by atoms with Gasteiger partial charge in [0.25, 0.3) is 0 Å². The van der Waals surface area contributed by atoms with Crippen molar-refractivity contribution in [2.24, 2.45) is 0 Å². The molecule has 0 N–H and O–H groups in total. The fourth-order valence-electron chi connectivity index (χ4n) is 2.88. The SMILES string of the molecule is CCOc1ccc(-c2nn3c(CSCc4ccccc4)nnc3s2)cc1OCC. The van der Waals surface area contributed by atoms with E-state index in [9.17, 15) is 0 Å². The van der Waals surface area contributed by atoms with Crippen molar-refractivity contribution in [3.63, 3.8) is 0 Å². The van der Waals surface area contributed by atoms with Gasteiger partial charge in [0, 0.05) is 11.3 Å². The second kappa shape index (κ2) is 9.28. The third-order valence-electron chi connectivity index (χ3n) is 4.19. The molecule has 0 aliphatic carbocycles. The Hall–Kier alpha value is -2.58. The van der Waals surface area contributed by atoms with Crippen molar-refractivity contribution < 1.29 is 9.47 Å². The molecule has 0 aliphatic rings. The van der Waals surface area contributed by atoms with Crippen molar-refractivity contribution in [2.45, 2.75) is 25.4 Å². The highest BCUT2D eigenvalue weighted by Gasteiger charge is 2.15. The van der Waals surface area contributed by atoms with Gasteiger partial charge in [-0.2, -0.15) is 9.61 Å². The molecule has 8 heteroatoms. The second-order valence-corrected chi connectivity index (χ2v) is 8.17. The predicted molar refractivity (Wildman–Crippen MR) is 118 cm³/mol. The van der Waals surface area contributed by atoms with Crippen molar-refractivity contribution in [3.8, 4) is 22.1 Å². The largest absolute Gasteiger partial charge is 0.490 e. The Bertz CT molecular complexity index is 1080. The van der Waals surface area contributed by atoms with E-state index < -0.39 is 0 Å². The van der Waals surface area contributed by atoms with Crippen LogP contribution in [-0.2, 0) is 11.5 Å². The van der Waals surface area contributed by atoms with Gasteiger partial charge in [0.2, 0.25) is 4.96 Å². The number of benzene rings is 2. The van der Waals surface area contributed by atoms with Gasteiger partial charge in [-0.05, 0) is 37.6 Å². The van der Waals surface area contributed by atoms with Gasteiger partial charge >= 0.3 is 0 Å². The van der Waals surface area contributed by atoms with Crippen molar-refractivity contribution in [1.82, 2.24) is 19.8 Å². The minimum absolute atomic E-state index is 0.581. The molecule has 0 atom stereocenters. The normalized spacial score (nSPS) is 11.1. The van der Waals surface area contributed by atoms with Crippen LogP contribution in [0.5, 0.6) is 11.5 Å². The first-order valence-corrected chi connectivity index (χ1v) is 11.5. The van der Waals surface area contributed by atoms with Gasteiger partial charge in [-0.15, -0.1) is 22.0 Å². The summed E-state index contributed by atoms with van der Waals surface area (Å²) in [5, 5.41) is 14.2. The predicted octanol–water partition coefficient (Wildman–Crippen LogP) is 5.08. The zero-order valence-corrected chi connectivity index (χ0v) is 18.0. The van der Waals surface area contributed by atoms with Crippen LogP contribution in [0.25, 0.3) is 15.5 Å². The highest BCUT2D eigenvalue weighted by atomic mass is 32.2. The molecular formula is C21H22N4O2S2. The van der Waals surface area contributed by atoms with Gasteiger partial charge in [0.05, 0.1) is 19.0 Å². The van der Waals surface area contributed by atoms with Crippen molar-refractivity contribution in [1.29, 1.82) is 0 Å². The summed E-state index contributed by atoms with van der Waals surface area (Å²) in [4.78, 5) is 0.794. The van der Waals surface area contributed by atoms with Crippen LogP contribution in [0.1, 0.15) is 25.2 Å². The number of hydrogen-bond acceptors (Lipinski definition) is 7. The van der Waals surface area contributed by atoms with E-state index in [0.717, 1.165) is 44.4 Å². The summed E-state index contributed by atoms with van der Waals surface area (Å²) < 4.78 is 13.2. The van der Waals surface area contributed by atoms with E-state index in [0.29, 0.717) is 13.2 Å². The molecule has 0 unspecified atom stereocenters. The lowest BCUT2D eigenvalue weighted by molar-refractivity contribution is 0.288. The molecule has 4 aromatic rings. The van der Waals surface area contributed by atoms with Crippen LogP contribution >= 0.6 is 23.1 Å². The first-order valence-electron chi connectivity index (χ1n) is 9.51. The van der Waals surface area contributed by atoms with Gasteiger partial charge < -0.3 is 9.47 Å². The molecule has 29 heavy (non-hydrogen) atoms. The Morgan fingerprint density at radius 3 is 2.52 bits per heavy atom. The zero-order chi connectivity index (χ0) is 20.1. The smallest absolute Gasteiger partial charge is 0.235 e. The first kappa shape index (κ1) is 19.7. The first-order chi connectivity index (χ1) is 14.3. The third-order valence-corrected chi connectivity index (χ3v) is 6.14. The highest BCUT2D eigenvalue weighted by molar-refractivity contribution is 7.97. The van der Waals surface area contributed by atoms with E-state index in [-0.39, 0.29) is 0 Å². The molecular weight excluding hydrogens is 404 g/mol. The van der Waals surface area contributed by atoms with Crippen LogP contribution in [0.2, 0.25) is 0 Å². The Morgan fingerprint density at radius 2 is 1.72 bits per heavy atom. The Labute approximate surface area is 177 Å². The molecule has 6 nitrogen and oxygen atoms in total. The van der Waals surface area contributed by atoms with Gasteiger partial charge in [-0.3, -0.25) is 0 Å². The molecule has 0 bridgehead atoms. The van der Waals surface area contributed by atoms with E-state index in [4.69, 9.17) is 14.6 Å². The van der Waals surface area contributed by atoms with E-state index >= 15 is 0 Å². The number of nitrogens with zero attached hydrogens (tertiary/aromatic N) is 4. The number of fused-ring (bicyclic) bond motifs is 1. The fraction of sp³-hybridized carbons (Fsp3) is 0.286. The van der Waals surface area contributed by atoms with Crippen molar-refractivity contribution in [2.75, 3.05) is 13.2 Å². The average molecular weight is 427 g/mol. The van der Waals surface area contributed by atoms with E-state index in [2.05, 4.69) is 34.5 Å². The lowest BCUT2D eigenvalue weighted by Crippen LogP contribution is -1.98. The summed E-state index contributed by atoms with van der Waals surface area (Å²) in [6.45, 7) is 5.10. The minimum atomic E-state index is 0.581. The van der Waals surface area contributed by atoms with Crippen LogP contribution in [-0.4, -0.2) is 33.0 Å². The van der Waals surface area contributed by atoms with E-state index in [1.807, 2.05) is 42.6 Å². The summed E-state index contributed by atoms with van der Waals surface area (Å²) in [5.41, 5.74) is 2.28. The molecule has 2 aromatic heterocycles. The second-order valence-electron chi connectivity index (χ2n) is 6.22. The molecule has 4 rings (SSSR count). The monoisotopic (exact) mass is 426 g/mol. The molecule has 0 spiro atoms. The molecule has 150 valence electrons. The van der Waals surface area contributed by atoms with Crippen LogP contribution < -0.4 is 9.47 Å². The summed E-state index contributed by atoms with van der Waals surface area (Å²) in [6, 6.07) is 16.3. The summed E-state index contributed by atoms with van der Waals surface area (Å²) in [6.07, 6.45) is 0. The maximum atomic E-state index is 5.74. The molecule has 2 heterocycles. The zero-order valence-electron chi connectivity index (χ0n) is 16.4. The summed E-state index contributed by atoms with van der Waals surface area (Å²) in [7, 11) is 0. The lowest BCUT2D eigenvalue weighted by Gasteiger charge is -2.11. The molecule has 0 amide bonds. The Morgan fingerprint density at radius 1 is 0.931 bits per heavy atom. The number of ether oxygens (including phenoxy) is 2. The average Bonchev–Trinajstić information content (AvgIpc) is 3.32. The number of thioether (sulfide) groups is 1. The van der Waals surface area contributed by atoms with Crippen molar-refractivity contribution in [3.05, 3.63) is 59.9 Å². The van der Waals surface area contributed by atoms with Crippen LogP contribution in [0, 0.1) is 0 Å². The molecule has 0 saturated heterocycles. The number of aromatic nitrogens is 4. The van der Waals surface area contributed by atoms with Crippen molar-refractivity contribution >= 4 is 28.1 Å². The van der Waals surface area contributed by atoms with Crippen LogP contribution in [0.4, 0.5) is 0 Å². The number of hydrogen-bond donors (Lipinski definition) is 0. The van der Waals surface area contributed by atoms with Gasteiger partial charge in [0.1, 0.15) is 5.01 Å². The summed E-state index contributed by atoms with van der Waals surface area (Å²) in [5.74, 6) is 4.03. The Kier molecular flexibility index (Phi) is 6.31. The highest BCUT2D eigenvalue weighted by Crippen LogP contribution is 2.34. The van der Waals surface area contributed by atoms with Gasteiger partial charge in [-0.25, -0.2) is 0 Å². The molecule has 0 saturated carbocycles. The molecule has 0 radical (unpaired) electrons. The van der Waals surface area contributed by atoms with Crippen LogP contribution in [0.15, 0.2) is 48.5 Å². The molecule has 2 aromatic carbocycles. The maximum absolute atomic E-state index is 5.74. The third kappa shape index (κ3) is 4.54. The quantitative estimate of drug-likeness (QED) is 0.372. The summed E-state index contributed by atoms with van der Waals surface area (Å²) >= 11 is 3.32. The minimum Gasteiger partial charge on any atom is -0.490 e. The topological polar surface area (TPSA) is 61.5 Å². The lowest BCUT2D eigenvalue weighted by atomic mass is 10.2. The molecule has 0 fully saturated rings. The van der Waals surface area contributed by atoms with E-state index in [1.54, 1.807) is 11.8 Å². The van der Waals surface area contributed by atoms with Crippen LogP contribution in [0.3, 0.4) is 0 Å². The standard InChI is InChI=1S/C21H22N4O2S2/c1-3-26-17-11-10-16(12-18(17)27-4-2)20-24-25-19(22-23-21(25)29-20)14-28-13-15-8-6-5-7-9-15/h5-12H,3-4,13-14H2,1-2H3. The number of rotatable bonds is 9. The van der Waals surface area contributed by atoms with E-state index in [1.165, 1.54) is 16.9 Å².